The van der Waals surface area contributed by atoms with Gasteiger partial charge in [0.2, 0.25) is 0 Å². The van der Waals surface area contributed by atoms with Gasteiger partial charge in [0.1, 0.15) is 0 Å². The normalized spacial score (nSPS) is 19.8. The van der Waals surface area contributed by atoms with Crippen LogP contribution in [-0.2, 0) is 11.8 Å². The van der Waals surface area contributed by atoms with Crippen molar-refractivity contribution in [3.05, 3.63) is 0 Å². The Balaban J connectivity index is 3.48. The van der Waals surface area contributed by atoms with Crippen LogP contribution in [-0.4, -0.2) is 10.5 Å². The summed E-state index contributed by atoms with van der Waals surface area (Å²) in [7, 11) is 0. The highest BCUT2D eigenvalue weighted by Crippen LogP contribution is 2.47. The fraction of sp³-hybridized carbons (Fsp3) is 1.00. The highest BCUT2D eigenvalue weighted by molar-refractivity contribution is 8.24. The Bertz CT molecular complexity index is 77.6. The topological polar surface area (TPSA) is 20.2 Å². The molecule has 0 fully saturated rings. The summed E-state index contributed by atoms with van der Waals surface area (Å²) in [6.45, 7) is 0. The third kappa shape index (κ3) is 5.19. The van der Waals surface area contributed by atoms with E-state index in [0.29, 0.717) is 0 Å². The van der Waals surface area contributed by atoms with Crippen molar-refractivity contribution in [3.63, 3.8) is 0 Å². The molecule has 0 heterocycles. The van der Waals surface area contributed by atoms with E-state index < -0.39 is 5.62 Å². The standard InChI is InChI=1S/CH3Cl2OPS/c2-1-5(3,4)6/h1H2,(H,4,6). The van der Waals surface area contributed by atoms with Gasteiger partial charge in [0.25, 0.3) is 0 Å². The summed E-state index contributed by atoms with van der Waals surface area (Å²) in [4.78, 5) is 8.39. The first-order chi connectivity index (χ1) is 2.56. The van der Waals surface area contributed by atoms with Crippen molar-refractivity contribution < 1.29 is 4.89 Å². The molecule has 1 N–H and O–H groups in total. The minimum Gasteiger partial charge on any atom is -0.353 e. The molecule has 1 nitrogen and oxygen atoms in total. The van der Waals surface area contributed by atoms with E-state index >= 15 is 0 Å². The lowest BCUT2D eigenvalue weighted by atomic mass is 11.9. The third-order valence-corrected chi connectivity index (χ3v) is 3.02. The smallest absolute Gasteiger partial charge is 0.163 e. The van der Waals surface area contributed by atoms with E-state index in [4.69, 9.17) is 27.7 Å². The Morgan fingerprint density at radius 2 is 2.00 bits per heavy atom. The summed E-state index contributed by atoms with van der Waals surface area (Å²) in [6, 6.07) is 0. The molecule has 38 valence electrons. The van der Waals surface area contributed by atoms with E-state index in [1.165, 1.54) is 0 Å². The Morgan fingerprint density at radius 3 is 2.00 bits per heavy atom. The molecule has 0 rings (SSSR count). The molecular weight excluding hydrogens is 162 g/mol. The van der Waals surface area contributed by atoms with E-state index in [1.807, 2.05) is 0 Å². The lowest BCUT2D eigenvalue weighted by molar-refractivity contribution is 0.642. The molecule has 1 unspecified atom stereocenters. The van der Waals surface area contributed by atoms with Crippen LogP contribution in [0.2, 0.25) is 0 Å². The Morgan fingerprint density at radius 1 is 1.83 bits per heavy atom. The molecule has 0 spiro atoms. The molecule has 0 aliphatic rings. The highest BCUT2D eigenvalue weighted by Gasteiger charge is 2.01. The van der Waals surface area contributed by atoms with Crippen LogP contribution >= 0.6 is 28.5 Å². The molecule has 0 saturated carbocycles. The fourth-order valence-electron chi connectivity index (χ4n) is 0. The van der Waals surface area contributed by atoms with Gasteiger partial charge < -0.3 is 4.89 Å². The number of halogens is 2. The fourth-order valence-corrected chi connectivity index (χ4v) is 0. The number of hydrogen-bond donors (Lipinski definition) is 1. The molecule has 0 saturated heterocycles. The van der Waals surface area contributed by atoms with Gasteiger partial charge in [-0.1, -0.05) is 11.2 Å². The first kappa shape index (κ1) is 7.19. The van der Waals surface area contributed by atoms with E-state index in [9.17, 15) is 0 Å². The number of alkyl halides is 1. The van der Waals surface area contributed by atoms with Crippen LogP contribution in [0.15, 0.2) is 0 Å². The molecule has 0 bridgehead atoms. The van der Waals surface area contributed by atoms with Crippen LogP contribution in [0.3, 0.4) is 0 Å². The summed E-state index contributed by atoms with van der Waals surface area (Å²) in [6.07, 6.45) is 0. The lowest BCUT2D eigenvalue weighted by Crippen LogP contribution is -1.63. The number of hydrogen-bond acceptors (Lipinski definition) is 1. The van der Waals surface area contributed by atoms with E-state index in [0.717, 1.165) is 0 Å². The average Bonchev–Trinajstić information content (AvgIpc) is 1.35. The van der Waals surface area contributed by atoms with Gasteiger partial charge in [0, 0.05) is 0 Å². The molecule has 0 radical (unpaired) electrons. The van der Waals surface area contributed by atoms with Crippen molar-refractivity contribution >= 4 is 40.3 Å². The summed E-state index contributed by atoms with van der Waals surface area (Å²) in [5.74, 6) is 0. The first-order valence-corrected chi connectivity index (χ1v) is 5.51. The van der Waals surface area contributed by atoms with Crippen molar-refractivity contribution in [3.8, 4) is 0 Å². The maximum Gasteiger partial charge on any atom is 0.163 e. The van der Waals surface area contributed by atoms with Gasteiger partial charge in [-0.25, -0.2) is 0 Å². The van der Waals surface area contributed by atoms with Gasteiger partial charge in [-0.2, -0.15) is 0 Å². The molecule has 0 aliphatic heterocycles. The largest absolute Gasteiger partial charge is 0.353 e. The van der Waals surface area contributed by atoms with Crippen LogP contribution < -0.4 is 0 Å². The Hall–Kier alpha value is 1.19. The zero-order chi connectivity index (χ0) is 5.21. The van der Waals surface area contributed by atoms with Crippen LogP contribution in [0.25, 0.3) is 0 Å². The molecule has 5 heteroatoms. The predicted molar refractivity (Wildman–Crippen MR) is 33.1 cm³/mol. The molecule has 0 aromatic heterocycles. The minimum atomic E-state index is -2.58. The summed E-state index contributed by atoms with van der Waals surface area (Å²) in [5.41, 5.74) is -2.59. The van der Waals surface area contributed by atoms with E-state index in [-0.39, 0.29) is 5.62 Å². The van der Waals surface area contributed by atoms with E-state index in [2.05, 4.69) is 11.8 Å². The zero-order valence-electron chi connectivity index (χ0n) is 2.77. The van der Waals surface area contributed by atoms with Crippen LogP contribution in [0.1, 0.15) is 0 Å². The Kier molecular flexibility index (Phi) is 2.98. The molecule has 0 amide bonds. The van der Waals surface area contributed by atoms with Crippen molar-refractivity contribution in [1.29, 1.82) is 0 Å². The van der Waals surface area contributed by atoms with Gasteiger partial charge in [0.15, 0.2) is 5.62 Å². The molecule has 0 aromatic carbocycles. The summed E-state index contributed by atoms with van der Waals surface area (Å²) >= 11 is 14.4. The molecule has 1 atom stereocenters. The van der Waals surface area contributed by atoms with Crippen molar-refractivity contribution in [2.24, 2.45) is 0 Å². The van der Waals surface area contributed by atoms with Gasteiger partial charge in [-0.05, 0) is 11.8 Å². The van der Waals surface area contributed by atoms with E-state index in [1.54, 1.807) is 0 Å². The van der Waals surface area contributed by atoms with Crippen LogP contribution in [0.4, 0.5) is 0 Å². The zero-order valence-corrected chi connectivity index (χ0v) is 5.99. The second-order valence-electron chi connectivity index (χ2n) is 0.736. The SMILES string of the molecule is OP(=S)(Cl)CCl. The monoisotopic (exact) mass is 164 g/mol. The van der Waals surface area contributed by atoms with Crippen molar-refractivity contribution in [1.82, 2.24) is 0 Å². The minimum absolute atomic E-state index is 0.0100. The van der Waals surface area contributed by atoms with Gasteiger partial charge in [-0.3, -0.25) is 0 Å². The van der Waals surface area contributed by atoms with Crippen molar-refractivity contribution in [2.45, 2.75) is 0 Å². The van der Waals surface area contributed by atoms with Gasteiger partial charge in [-0.15, -0.1) is 11.6 Å². The first-order valence-electron chi connectivity index (χ1n) is 1.14. The predicted octanol–water partition coefficient (Wildman–Crippen LogP) is 1.72. The third-order valence-electron chi connectivity index (χ3n) is 0.147. The molecule has 0 aromatic rings. The van der Waals surface area contributed by atoms with Crippen LogP contribution in [0.5, 0.6) is 0 Å². The molecular formula is CH3Cl2OPS. The van der Waals surface area contributed by atoms with Crippen LogP contribution in [0, 0.1) is 0 Å². The van der Waals surface area contributed by atoms with Crippen molar-refractivity contribution in [2.75, 3.05) is 5.62 Å². The lowest BCUT2D eigenvalue weighted by Gasteiger charge is -1.94. The second-order valence-corrected chi connectivity index (χ2v) is 7.02. The maximum atomic E-state index is 8.39. The maximum absolute atomic E-state index is 8.39. The molecule has 0 aliphatic carbocycles. The summed E-state index contributed by atoms with van der Waals surface area (Å²) < 4.78 is 0. The highest BCUT2D eigenvalue weighted by atomic mass is 35.7. The Labute approximate surface area is 51.1 Å². The number of rotatable bonds is 1. The molecule has 6 heavy (non-hydrogen) atoms. The average molecular weight is 165 g/mol. The summed E-state index contributed by atoms with van der Waals surface area (Å²) in [5, 5.41) is 0. The quantitative estimate of drug-likeness (QED) is 0.471. The van der Waals surface area contributed by atoms with Gasteiger partial charge in [0.05, 0.1) is 5.62 Å². The second kappa shape index (κ2) is 2.49. The van der Waals surface area contributed by atoms with Gasteiger partial charge >= 0.3 is 0 Å².